The molecule has 2 N–H and O–H groups in total. The Labute approximate surface area is 103 Å². The Bertz CT molecular complexity index is 348. The summed E-state index contributed by atoms with van der Waals surface area (Å²) in [7, 11) is 0. The summed E-state index contributed by atoms with van der Waals surface area (Å²) in [4.78, 5) is 6.77. The number of pyridine rings is 1. The van der Waals surface area contributed by atoms with Crippen molar-refractivity contribution < 1.29 is 4.74 Å². The summed E-state index contributed by atoms with van der Waals surface area (Å²) < 4.78 is 5.65. The normalized spacial score (nSPS) is 17.4. The lowest BCUT2D eigenvalue weighted by Gasteiger charge is -2.33. The summed E-state index contributed by atoms with van der Waals surface area (Å²) in [5.41, 5.74) is 6.87. The van der Waals surface area contributed by atoms with Gasteiger partial charge < -0.3 is 15.4 Å². The zero-order valence-corrected chi connectivity index (χ0v) is 10.4. The van der Waals surface area contributed by atoms with Crippen LogP contribution in [0.4, 0.5) is 5.82 Å². The Balaban J connectivity index is 2.00. The van der Waals surface area contributed by atoms with E-state index >= 15 is 0 Å². The van der Waals surface area contributed by atoms with E-state index in [2.05, 4.69) is 22.9 Å². The smallest absolute Gasteiger partial charge is 0.133 e. The predicted molar refractivity (Wildman–Crippen MR) is 69.0 cm³/mol. The van der Waals surface area contributed by atoms with Crippen LogP contribution in [0.3, 0.4) is 0 Å². The van der Waals surface area contributed by atoms with Gasteiger partial charge in [0, 0.05) is 38.0 Å². The highest BCUT2D eigenvalue weighted by atomic mass is 16.5. The van der Waals surface area contributed by atoms with Crippen LogP contribution < -0.4 is 10.6 Å². The molecule has 0 spiro atoms. The molecule has 0 bridgehead atoms. The molecule has 4 nitrogen and oxygen atoms in total. The first-order valence-electron chi connectivity index (χ1n) is 6.35. The van der Waals surface area contributed by atoms with Crippen molar-refractivity contribution in [3.05, 3.63) is 23.9 Å². The third-order valence-electron chi connectivity index (χ3n) is 3.23. The Morgan fingerprint density at radius 3 is 2.88 bits per heavy atom. The third-order valence-corrected chi connectivity index (χ3v) is 3.23. The minimum Gasteiger partial charge on any atom is -0.378 e. The molecule has 1 aliphatic rings. The highest BCUT2D eigenvalue weighted by Crippen LogP contribution is 2.22. The molecule has 94 valence electrons. The van der Waals surface area contributed by atoms with Gasteiger partial charge in [0.15, 0.2) is 0 Å². The number of nitrogens with two attached hydrogens (primary N) is 1. The Kier molecular flexibility index (Phi) is 4.34. The molecule has 0 aromatic carbocycles. The van der Waals surface area contributed by atoms with Crippen LogP contribution in [-0.2, 0) is 11.3 Å². The number of ether oxygens (including phenoxy) is 1. The molecule has 0 saturated carbocycles. The summed E-state index contributed by atoms with van der Waals surface area (Å²) in [6.07, 6.45) is 4.41. The molecule has 0 atom stereocenters. The van der Waals surface area contributed by atoms with Gasteiger partial charge in [0.1, 0.15) is 5.82 Å². The molecule has 0 unspecified atom stereocenters. The standard InChI is InChI=1S/C13H21N3O/c1-2-17-12-5-8-16(9-6-12)13-11(10-14)4-3-7-15-13/h3-4,7,12H,2,5-6,8-10,14H2,1H3. The molecular weight excluding hydrogens is 214 g/mol. The molecule has 1 aromatic heterocycles. The number of rotatable bonds is 4. The zero-order chi connectivity index (χ0) is 12.1. The van der Waals surface area contributed by atoms with Crippen molar-refractivity contribution in [3.8, 4) is 0 Å². The summed E-state index contributed by atoms with van der Waals surface area (Å²) in [5.74, 6) is 1.05. The van der Waals surface area contributed by atoms with Crippen LogP contribution in [0.1, 0.15) is 25.3 Å². The summed E-state index contributed by atoms with van der Waals surface area (Å²) in [5, 5.41) is 0. The highest BCUT2D eigenvalue weighted by molar-refractivity contribution is 5.46. The maximum absolute atomic E-state index is 5.74. The molecule has 1 aromatic rings. The van der Waals surface area contributed by atoms with Gasteiger partial charge in [-0.1, -0.05) is 6.07 Å². The SMILES string of the molecule is CCOC1CCN(c2ncccc2CN)CC1. The van der Waals surface area contributed by atoms with E-state index in [1.807, 2.05) is 12.3 Å². The molecule has 1 aliphatic heterocycles. The Morgan fingerprint density at radius 1 is 1.47 bits per heavy atom. The second kappa shape index (κ2) is 5.98. The number of anilines is 1. The zero-order valence-electron chi connectivity index (χ0n) is 10.4. The van der Waals surface area contributed by atoms with Crippen LogP contribution in [0, 0.1) is 0 Å². The number of piperidine rings is 1. The fraction of sp³-hybridized carbons (Fsp3) is 0.615. The van der Waals surface area contributed by atoms with Crippen LogP contribution in [0.2, 0.25) is 0 Å². The second-order valence-corrected chi connectivity index (χ2v) is 4.33. The first-order valence-corrected chi connectivity index (χ1v) is 6.35. The topological polar surface area (TPSA) is 51.4 Å². The van der Waals surface area contributed by atoms with E-state index in [-0.39, 0.29) is 0 Å². The minimum absolute atomic E-state index is 0.418. The van der Waals surface area contributed by atoms with Crippen LogP contribution in [-0.4, -0.2) is 30.8 Å². The molecule has 0 radical (unpaired) electrons. The van der Waals surface area contributed by atoms with Crippen molar-refractivity contribution in [1.82, 2.24) is 4.98 Å². The molecule has 2 heterocycles. The van der Waals surface area contributed by atoms with E-state index < -0.39 is 0 Å². The first kappa shape index (κ1) is 12.3. The monoisotopic (exact) mass is 235 g/mol. The van der Waals surface area contributed by atoms with Crippen molar-refractivity contribution >= 4 is 5.82 Å². The van der Waals surface area contributed by atoms with Gasteiger partial charge in [0.05, 0.1) is 6.10 Å². The molecule has 17 heavy (non-hydrogen) atoms. The molecular formula is C13H21N3O. The average molecular weight is 235 g/mol. The van der Waals surface area contributed by atoms with Gasteiger partial charge in [-0.05, 0) is 25.8 Å². The maximum atomic E-state index is 5.74. The third kappa shape index (κ3) is 2.96. The largest absolute Gasteiger partial charge is 0.378 e. The van der Waals surface area contributed by atoms with E-state index in [1.165, 1.54) is 0 Å². The van der Waals surface area contributed by atoms with Crippen molar-refractivity contribution in [2.24, 2.45) is 5.73 Å². The summed E-state index contributed by atoms with van der Waals surface area (Å²) >= 11 is 0. The lowest BCUT2D eigenvalue weighted by atomic mass is 10.1. The van der Waals surface area contributed by atoms with Crippen LogP contribution in [0.5, 0.6) is 0 Å². The Hall–Kier alpha value is -1.13. The van der Waals surface area contributed by atoms with Crippen molar-refractivity contribution in [2.45, 2.75) is 32.4 Å². The molecule has 1 saturated heterocycles. The van der Waals surface area contributed by atoms with Crippen molar-refractivity contribution in [2.75, 3.05) is 24.6 Å². The molecule has 2 rings (SSSR count). The van der Waals surface area contributed by atoms with Gasteiger partial charge in [-0.15, -0.1) is 0 Å². The van der Waals surface area contributed by atoms with E-state index in [4.69, 9.17) is 10.5 Å². The maximum Gasteiger partial charge on any atom is 0.133 e. The van der Waals surface area contributed by atoms with Crippen LogP contribution in [0.25, 0.3) is 0 Å². The second-order valence-electron chi connectivity index (χ2n) is 4.33. The van der Waals surface area contributed by atoms with Gasteiger partial charge in [0.25, 0.3) is 0 Å². The number of aromatic nitrogens is 1. The fourth-order valence-corrected chi connectivity index (χ4v) is 2.34. The summed E-state index contributed by atoms with van der Waals surface area (Å²) in [6, 6.07) is 4.00. The van der Waals surface area contributed by atoms with Gasteiger partial charge in [0.2, 0.25) is 0 Å². The van der Waals surface area contributed by atoms with Gasteiger partial charge in [-0.3, -0.25) is 0 Å². The van der Waals surface area contributed by atoms with Gasteiger partial charge in [-0.2, -0.15) is 0 Å². The number of nitrogens with zero attached hydrogens (tertiary/aromatic N) is 2. The molecule has 4 heteroatoms. The Morgan fingerprint density at radius 2 is 2.24 bits per heavy atom. The number of hydrogen-bond acceptors (Lipinski definition) is 4. The predicted octanol–water partition coefficient (Wildman–Crippen LogP) is 1.55. The average Bonchev–Trinajstić information content (AvgIpc) is 2.40. The molecule has 0 aliphatic carbocycles. The highest BCUT2D eigenvalue weighted by Gasteiger charge is 2.21. The van der Waals surface area contributed by atoms with Crippen LogP contribution in [0.15, 0.2) is 18.3 Å². The van der Waals surface area contributed by atoms with Crippen molar-refractivity contribution in [3.63, 3.8) is 0 Å². The quantitative estimate of drug-likeness (QED) is 0.860. The minimum atomic E-state index is 0.418. The lowest BCUT2D eigenvalue weighted by molar-refractivity contribution is 0.0458. The summed E-state index contributed by atoms with van der Waals surface area (Å²) in [6.45, 7) is 5.43. The van der Waals surface area contributed by atoms with E-state index in [0.29, 0.717) is 12.6 Å². The number of hydrogen-bond donors (Lipinski definition) is 1. The van der Waals surface area contributed by atoms with E-state index in [0.717, 1.165) is 43.9 Å². The van der Waals surface area contributed by atoms with E-state index in [9.17, 15) is 0 Å². The van der Waals surface area contributed by atoms with Gasteiger partial charge in [-0.25, -0.2) is 4.98 Å². The van der Waals surface area contributed by atoms with Crippen LogP contribution >= 0.6 is 0 Å². The molecule has 1 fully saturated rings. The van der Waals surface area contributed by atoms with Gasteiger partial charge >= 0.3 is 0 Å². The molecule has 0 amide bonds. The van der Waals surface area contributed by atoms with E-state index in [1.54, 1.807) is 0 Å². The lowest BCUT2D eigenvalue weighted by Crippen LogP contribution is -2.38. The fourth-order valence-electron chi connectivity index (χ4n) is 2.34. The first-order chi connectivity index (χ1) is 8.35. The van der Waals surface area contributed by atoms with Crippen molar-refractivity contribution in [1.29, 1.82) is 0 Å².